The molecule has 5 rings (SSSR count). The molecule has 5 saturated heterocycles. The fourth-order valence-electron chi connectivity index (χ4n) is 7.58. The summed E-state index contributed by atoms with van der Waals surface area (Å²) in [5.74, 6) is 0. The van der Waals surface area contributed by atoms with Crippen molar-refractivity contribution in [1.82, 2.24) is 9.80 Å². The predicted molar refractivity (Wildman–Crippen MR) is 133 cm³/mol. The van der Waals surface area contributed by atoms with Crippen molar-refractivity contribution in [2.45, 2.75) is 151 Å². The van der Waals surface area contributed by atoms with Crippen LogP contribution < -0.4 is 0 Å². The van der Waals surface area contributed by atoms with Gasteiger partial charge in [0.05, 0.1) is 12.2 Å². The van der Waals surface area contributed by atoms with Crippen molar-refractivity contribution in [3.8, 4) is 0 Å². The number of nitrogens with zero attached hydrogens (tertiary/aromatic N) is 2. The molecule has 0 amide bonds. The second kappa shape index (κ2) is 11.4. The van der Waals surface area contributed by atoms with Crippen LogP contribution in [0.2, 0.25) is 0 Å². The molecular formula is C28H50N2O4. The minimum absolute atomic E-state index is 0.0957. The number of fused-ring (bicyclic) bond motifs is 2. The molecule has 5 fully saturated rings. The monoisotopic (exact) mass is 478 g/mol. The van der Waals surface area contributed by atoms with Gasteiger partial charge in [-0.05, 0) is 64.2 Å². The Balaban J connectivity index is 1.21. The summed E-state index contributed by atoms with van der Waals surface area (Å²) in [5, 5.41) is 23.2. The van der Waals surface area contributed by atoms with E-state index in [9.17, 15) is 10.2 Å². The Hall–Kier alpha value is -0.240. The van der Waals surface area contributed by atoms with Crippen LogP contribution in [0.5, 0.6) is 0 Å². The second-order valence-corrected chi connectivity index (χ2v) is 12.2. The molecule has 0 aromatic rings. The third kappa shape index (κ3) is 5.84. The van der Waals surface area contributed by atoms with E-state index in [0.717, 1.165) is 103 Å². The van der Waals surface area contributed by atoms with E-state index in [1.807, 2.05) is 0 Å². The van der Waals surface area contributed by atoms with E-state index in [1.165, 1.54) is 38.5 Å². The zero-order chi connectivity index (χ0) is 23.4. The van der Waals surface area contributed by atoms with E-state index in [1.54, 1.807) is 0 Å². The van der Waals surface area contributed by atoms with Crippen LogP contribution >= 0.6 is 0 Å². The van der Waals surface area contributed by atoms with E-state index < -0.39 is 11.2 Å². The Morgan fingerprint density at radius 2 is 0.882 bits per heavy atom. The highest BCUT2D eigenvalue weighted by atomic mass is 16.5. The molecule has 34 heavy (non-hydrogen) atoms. The first-order valence-corrected chi connectivity index (χ1v) is 14.8. The van der Waals surface area contributed by atoms with Crippen LogP contribution in [0.3, 0.4) is 0 Å². The molecule has 5 aliphatic heterocycles. The van der Waals surface area contributed by atoms with Gasteiger partial charge in [-0.25, -0.2) is 0 Å². The molecule has 0 spiro atoms. The summed E-state index contributed by atoms with van der Waals surface area (Å²) >= 11 is 0. The van der Waals surface area contributed by atoms with Gasteiger partial charge in [0.1, 0.15) is 23.7 Å². The summed E-state index contributed by atoms with van der Waals surface area (Å²) in [4.78, 5) is 4.83. The maximum absolute atomic E-state index is 11.6. The first-order valence-electron chi connectivity index (χ1n) is 14.8. The van der Waals surface area contributed by atoms with Gasteiger partial charge >= 0.3 is 0 Å². The highest BCUT2D eigenvalue weighted by Gasteiger charge is 2.48. The summed E-state index contributed by atoms with van der Waals surface area (Å²) in [6, 6.07) is 0. The van der Waals surface area contributed by atoms with Crippen LogP contribution in [-0.4, -0.2) is 82.1 Å². The third-order valence-corrected chi connectivity index (χ3v) is 9.58. The average molecular weight is 479 g/mol. The molecule has 196 valence electrons. The van der Waals surface area contributed by atoms with Crippen molar-refractivity contribution in [3.63, 3.8) is 0 Å². The van der Waals surface area contributed by atoms with Gasteiger partial charge < -0.3 is 19.7 Å². The standard InChI is InChI=1S/C28H50N2O4/c31-27-15-7-3-1-5-11-23-13-21-29-20-10-18-28(32,26(29)33-23)16-8-4-2-6-12-24-14-22-30(19-9-17-27)25(27)34-24/h23-26,31-32H,1-22H2/t23-,24-,25+,26+,27-,28-/m0/s1. The Labute approximate surface area is 207 Å². The summed E-state index contributed by atoms with van der Waals surface area (Å²) in [6.07, 6.45) is 19.7. The Kier molecular flexibility index (Phi) is 8.55. The SMILES string of the molecule is O[C@@]12CCCCCC[C@H]3CCN4CCC[C@@](O)(CCCCCC[C@H]5CCN(CCC1)[C@@H]2O5)[C@H]4O3. The molecular weight excluding hydrogens is 428 g/mol. The second-order valence-electron chi connectivity index (χ2n) is 12.2. The highest BCUT2D eigenvalue weighted by molar-refractivity contribution is 4.96. The van der Waals surface area contributed by atoms with Gasteiger partial charge in [-0.3, -0.25) is 9.80 Å². The first kappa shape index (κ1) is 25.4. The lowest BCUT2D eigenvalue weighted by Crippen LogP contribution is -2.62. The zero-order valence-electron chi connectivity index (χ0n) is 21.5. The molecule has 0 saturated carbocycles. The number of hydrogen-bond donors (Lipinski definition) is 2. The minimum Gasteiger partial charge on any atom is -0.386 e. The molecule has 0 unspecified atom stereocenters. The molecule has 0 aromatic carbocycles. The molecule has 0 aromatic heterocycles. The topological polar surface area (TPSA) is 65.4 Å². The summed E-state index contributed by atoms with van der Waals surface area (Å²) < 4.78 is 13.1. The number of hydrogen-bond acceptors (Lipinski definition) is 6. The third-order valence-electron chi connectivity index (χ3n) is 9.58. The minimum atomic E-state index is -0.668. The molecule has 6 nitrogen and oxygen atoms in total. The van der Waals surface area contributed by atoms with Crippen LogP contribution in [0.1, 0.15) is 116 Å². The van der Waals surface area contributed by atoms with Gasteiger partial charge in [-0.2, -0.15) is 0 Å². The van der Waals surface area contributed by atoms with Crippen LogP contribution in [-0.2, 0) is 9.47 Å². The van der Waals surface area contributed by atoms with Crippen molar-refractivity contribution < 1.29 is 19.7 Å². The molecule has 0 aliphatic carbocycles. The van der Waals surface area contributed by atoms with Crippen LogP contribution in [0.15, 0.2) is 0 Å². The fourth-order valence-corrected chi connectivity index (χ4v) is 7.58. The average Bonchev–Trinajstić information content (AvgIpc) is 2.84. The van der Waals surface area contributed by atoms with Crippen LogP contribution in [0.4, 0.5) is 0 Å². The van der Waals surface area contributed by atoms with Crippen molar-refractivity contribution in [2.75, 3.05) is 26.2 Å². The van der Waals surface area contributed by atoms with Gasteiger partial charge in [-0.15, -0.1) is 0 Å². The van der Waals surface area contributed by atoms with Gasteiger partial charge in [0.15, 0.2) is 0 Å². The molecule has 5 heterocycles. The van der Waals surface area contributed by atoms with E-state index in [2.05, 4.69) is 9.80 Å². The number of ether oxygens (including phenoxy) is 2. The quantitative estimate of drug-likeness (QED) is 0.532. The molecule has 2 N–H and O–H groups in total. The Morgan fingerprint density at radius 1 is 0.471 bits per heavy atom. The van der Waals surface area contributed by atoms with Gasteiger partial charge in [0, 0.05) is 26.2 Å². The molecule has 6 heteroatoms. The number of aliphatic hydroxyl groups is 2. The van der Waals surface area contributed by atoms with E-state index in [-0.39, 0.29) is 12.5 Å². The van der Waals surface area contributed by atoms with Crippen LogP contribution in [0.25, 0.3) is 0 Å². The van der Waals surface area contributed by atoms with Gasteiger partial charge in [0.25, 0.3) is 0 Å². The molecule has 5 aliphatic rings. The predicted octanol–water partition coefficient (Wildman–Crippen LogP) is 4.57. The fraction of sp³-hybridized carbons (Fsp3) is 1.00. The van der Waals surface area contributed by atoms with E-state index in [0.29, 0.717) is 12.2 Å². The van der Waals surface area contributed by atoms with E-state index >= 15 is 0 Å². The first-order chi connectivity index (χ1) is 16.6. The maximum Gasteiger partial charge on any atom is 0.140 e. The molecule has 4 bridgehead atoms. The van der Waals surface area contributed by atoms with Crippen molar-refractivity contribution in [3.05, 3.63) is 0 Å². The number of rotatable bonds is 0. The van der Waals surface area contributed by atoms with E-state index in [4.69, 9.17) is 9.47 Å². The normalized spacial score (nSPS) is 44.3. The molecule has 6 atom stereocenters. The summed E-state index contributed by atoms with van der Waals surface area (Å²) in [7, 11) is 0. The largest absolute Gasteiger partial charge is 0.386 e. The molecule has 0 radical (unpaired) electrons. The highest BCUT2D eigenvalue weighted by Crippen LogP contribution is 2.39. The Bertz CT molecular complexity index is 596. The smallest absolute Gasteiger partial charge is 0.140 e. The number of piperidine rings is 2. The summed E-state index contributed by atoms with van der Waals surface area (Å²) in [5.41, 5.74) is -1.34. The lowest BCUT2D eigenvalue weighted by molar-refractivity contribution is -0.246. The van der Waals surface area contributed by atoms with Gasteiger partial charge in [0.2, 0.25) is 0 Å². The lowest BCUT2D eigenvalue weighted by Gasteiger charge is -2.51. The van der Waals surface area contributed by atoms with Gasteiger partial charge in [-0.1, -0.05) is 51.4 Å². The summed E-state index contributed by atoms with van der Waals surface area (Å²) in [6.45, 7) is 4.29. The van der Waals surface area contributed by atoms with Crippen molar-refractivity contribution in [2.24, 2.45) is 0 Å². The zero-order valence-corrected chi connectivity index (χ0v) is 21.5. The lowest BCUT2D eigenvalue weighted by atomic mass is 9.83. The van der Waals surface area contributed by atoms with Crippen LogP contribution in [0, 0.1) is 0 Å². The maximum atomic E-state index is 11.6. The van der Waals surface area contributed by atoms with Crippen molar-refractivity contribution >= 4 is 0 Å². The van der Waals surface area contributed by atoms with Crippen molar-refractivity contribution in [1.29, 1.82) is 0 Å². The Morgan fingerprint density at radius 3 is 1.35 bits per heavy atom.